The van der Waals surface area contributed by atoms with Crippen LogP contribution in [0.15, 0.2) is 17.8 Å². The lowest BCUT2D eigenvalue weighted by atomic mass is 10.3. The molecule has 17 heavy (non-hydrogen) atoms. The van der Waals surface area contributed by atoms with Gasteiger partial charge in [0, 0.05) is 18.3 Å². The summed E-state index contributed by atoms with van der Waals surface area (Å²) in [5.41, 5.74) is 0. The van der Waals surface area contributed by atoms with Crippen molar-refractivity contribution in [1.29, 1.82) is 0 Å². The molecule has 1 fully saturated rings. The number of hydrogen-bond acceptors (Lipinski definition) is 5. The van der Waals surface area contributed by atoms with Crippen molar-refractivity contribution in [3.05, 3.63) is 12.7 Å². The lowest BCUT2D eigenvalue weighted by Crippen LogP contribution is -2.22. The standard InChI is InChI=1S/C11H19N5S/c1-2-3-4-9-17-11-13-14-15-16(11)8-7-12-10-5-6-10/h2,10,12H,1,3-9H2. The molecule has 1 heterocycles. The van der Waals surface area contributed by atoms with Gasteiger partial charge in [-0.05, 0) is 36.1 Å². The van der Waals surface area contributed by atoms with Gasteiger partial charge in [-0.1, -0.05) is 17.8 Å². The highest BCUT2D eigenvalue weighted by Crippen LogP contribution is 2.18. The van der Waals surface area contributed by atoms with Crippen molar-refractivity contribution >= 4 is 11.8 Å². The number of rotatable bonds is 9. The Morgan fingerprint density at radius 3 is 3.18 bits per heavy atom. The van der Waals surface area contributed by atoms with Crippen LogP contribution in [0, 0.1) is 0 Å². The number of aromatic nitrogens is 4. The smallest absolute Gasteiger partial charge is 0.209 e. The third-order valence-electron chi connectivity index (χ3n) is 2.62. The van der Waals surface area contributed by atoms with Gasteiger partial charge in [-0.15, -0.1) is 11.7 Å². The Labute approximate surface area is 106 Å². The molecule has 0 atom stereocenters. The molecule has 6 heteroatoms. The first-order chi connectivity index (χ1) is 8.40. The van der Waals surface area contributed by atoms with Crippen LogP contribution in [0.4, 0.5) is 0 Å². The maximum Gasteiger partial charge on any atom is 0.209 e. The Morgan fingerprint density at radius 1 is 1.53 bits per heavy atom. The van der Waals surface area contributed by atoms with Gasteiger partial charge in [0.05, 0.1) is 6.54 Å². The molecular weight excluding hydrogens is 234 g/mol. The van der Waals surface area contributed by atoms with Crippen molar-refractivity contribution in [2.45, 2.75) is 43.4 Å². The lowest BCUT2D eigenvalue weighted by Gasteiger charge is -2.04. The number of tetrazole rings is 1. The summed E-state index contributed by atoms with van der Waals surface area (Å²) >= 11 is 1.72. The van der Waals surface area contributed by atoms with Crippen LogP contribution in [0.25, 0.3) is 0 Å². The zero-order chi connectivity index (χ0) is 11.9. The predicted molar refractivity (Wildman–Crippen MR) is 69.0 cm³/mol. The first kappa shape index (κ1) is 12.6. The first-order valence-electron chi connectivity index (χ1n) is 6.13. The summed E-state index contributed by atoms with van der Waals surface area (Å²) in [4.78, 5) is 0. The molecule has 5 nitrogen and oxygen atoms in total. The van der Waals surface area contributed by atoms with E-state index in [9.17, 15) is 0 Å². The van der Waals surface area contributed by atoms with E-state index in [-0.39, 0.29) is 0 Å². The average molecular weight is 253 g/mol. The number of allylic oxidation sites excluding steroid dienone is 1. The molecule has 2 rings (SSSR count). The molecule has 0 aromatic carbocycles. The maximum atomic E-state index is 4.04. The van der Waals surface area contributed by atoms with Crippen LogP contribution in [0.2, 0.25) is 0 Å². The maximum absolute atomic E-state index is 4.04. The molecule has 1 aromatic rings. The molecular formula is C11H19N5S. The fraction of sp³-hybridized carbons (Fsp3) is 0.727. The predicted octanol–water partition coefficient (Wildman–Crippen LogP) is 1.48. The van der Waals surface area contributed by atoms with Gasteiger partial charge in [0.25, 0.3) is 0 Å². The molecule has 0 spiro atoms. The van der Waals surface area contributed by atoms with Gasteiger partial charge >= 0.3 is 0 Å². The minimum Gasteiger partial charge on any atom is -0.312 e. The number of thioether (sulfide) groups is 1. The molecule has 1 aliphatic carbocycles. The van der Waals surface area contributed by atoms with E-state index in [4.69, 9.17) is 0 Å². The van der Waals surface area contributed by atoms with Gasteiger partial charge in [0.1, 0.15) is 0 Å². The molecule has 1 N–H and O–H groups in total. The van der Waals surface area contributed by atoms with Gasteiger partial charge in [-0.3, -0.25) is 0 Å². The Hall–Kier alpha value is -0.880. The number of unbranched alkanes of at least 4 members (excludes halogenated alkanes) is 1. The Balaban J connectivity index is 1.68. The molecule has 0 saturated heterocycles. The topological polar surface area (TPSA) is 55.6 Å². The van der Waals surface area contributed by atoms with Crippen molar-refractivity contribution in [3.63, 3.8) is 0 Å². The summed E-state index contributed by atoms with van der Waals surface area (Å²) < 4.78 is 1.88. The summed E-state index contributed by atoms with van der Waals surface area (Å²) in [6, 6.07) is 0.746. The van der Waals surface area contributed by atoms with Crippen molar-refractivity contribution in [2.24, 2.45) is 0 Å². The van der Waals surface area contributed by atoms with Crippen LogP contribution in [0.1, 0.15) is 25.7 Å². The van der Waals surface area contributed by atoms with E-state index in [1.54, 1.807) is 11.8 Å². The Morgan fingerprint density at radius 2 is 2.41 bits per heavy atom. The van der Waals surface area contributed by atoms with Crippen LogP contribution in [0.3, 0.4) is 0 Å². The molecule has 1 aliphatic rings. The van der Waals surface area contributed by atoms with E-state index in [2.05, 4.69) is 27.4 Å². The largest absolute Gasteiger partial charge is 0.312 e. The summed E-state index contributed by atoms with van der Waals surface area (Å²) in [5.74, 6) is 1.04. The van der Waals surface area contributed by atoms with Gasteiger partial charge in [-0.2, -0.15) is 0 Å². The monoisotopic (exact) mass is 253 g/mol. The molecule has 1 aromatic heterocycles. The molecule has 0 radical (unpaired) electrons. The van der Waals surface area contributed by atoms with Crippen molar-refractivity contribution < 1.29 is 0 Å². The molecule has 1 saturated carbocycles. The molecule has 0 aliphatic heterocycles. The van der Waals surface area contributed by atoms with Crippen molar-refractivity contribution in [3.8, 4) is 0 Å². The highest BCUT2D eigenvalue weighted by atomic mass is 32.2. The second-order valence-electron chi connectivity index (χ2n) is 4.19. The zero-order valence-electron chi connectivity index (χ0n) is 10.0. The summed E-state index contributed by atoms with van der Waals surface area (Å²) in [6.45, 7) is 5.52. The zero-order valence-corrected chi connectivity index (χ0v) is 10.8. The fourth-order valence-corrected chi connectivity index (χ4v) is 2.36. The SMILES string of the molecule is C=CCCCSc1nnnn1CCNC1CC1. The first-order valence-corrected chi connectivity index (χ1v) is 7.12. The van der Waals surface area contributed by atoms with E-state index in [1.165, 1.54) is 12.8 Å². The minimum absolute atomic E-state index is 0.746. The van der Waals surface area contributed by atoms with Crippen LogP contribution in [-0.2, 0) is 6.54 Å². The lowest BCUT2D eigenvalue weighted by molar-refractivity contribution is 0.509. The molecule has 0 amide bonds. The second kappa shape index (κ2) is 6.76. The van der Waals surface area contributed by atoms with Crippen LogP contribution < -0.4 is 5.32 Å². The molecule has 94 valence electrons. The van der Waals surface area contributed by atoms with Crippen LogP contribution in [0.5, 0.6) is 0 Å². The third kappa shape index (κ3) is 4.47. The van der Waals surface area contributed by atoms with E-state index >= 15 is 0 Å². The highest BCUT2D eigenvalue weighted by molar-refractivity contribution is 7.99. The quantitative estimate of drug-likeness (QED) is 0.410. The Kier molecular flexibility index (Phi) is 5.00. The fourth-order valence-electron chi connectivity index (χ4n) is 1.49. The second-order valence-corrected chi connectivity index (χ2v) is 5.25. The summed E-state index contributed by atoms with van der Waals surface area (Å²) in [7, 11) is 0. The van der Waals surface area contributed by atoms with E-state index in [0.29, 0.717) is 0 Å². The van der Waals surface area contributed by atoms with Crippen LogP contribution >= 0.6 is 11.8 Å². The average Bonchev–Trinajstić information content (AvgIpc) is 3.05. The summed E-state index contributed by atoms with van der Waals surface area (Å²) in [6.07, 6.45) is 6.76. The number of nitrogens with one attached hydrogen (secondary N) is 1. The molecule has 0 unspecified atom stereocenters. The normalized spacial score (nSPS) is 15.1. The van der Waals surface area contributed by atoms with E-state index in [0.717, 1.165) is 42.9 Å². The Bertz CT molecular complexity index is 347. The third-order valence-corrected chi connectivity index (χ3v) is 3.66. The summed E-state index contributed by atoms with van der Waals surface area (Å²) in [5, 5.41) is 16.2. The van der Waals surface area contributed by atoms with E-state index < -0.39 is 0 Å². The van der Waals surface area contributed by atoms with Gasteiger partial charge in [0.2, 0.25) is 5.16 Å². The number of nitrogens with zero attached hydrogens (tertiary/aromatic N) is 4. The van der Waals surface area contributed by atoms with Gasteiger partial charge < -0.3 is 5.32 Å². The van der Waals surface area contributed by atoms with Gasteiger partial charge in [0.15, 0.2) is 0 Å². The molecule has 0 bridgehead atoms. The number of hydrogen-bond donors (Lipinski definition) is 1. The van der Waals surface area contributed by atoms with Crippen molar-refractivity contribution in [1.82, 2.24) is 25.5 Å². The van der Waals surface area contributed by atoms with Crippen molar-refractivity contribution in [2.75, 3.05) is 12.3 Å². The highest BCUT2D eigenvalue weighted by Gasteiger charge is 2.19. The van der Waals surface area contributed by atoms with E-state index in [1.807, 2.05) is 10.8 Å². The van der Waals surface area contributed by atoms with Gasteiger partial charge in [-0.25, -0.2) is 4.68 Å². The minimum atomic E-state index is 0.746. The van der Waals surface area contributed by atoms with Crippen LogP contribution in [-0.4, -0.2) is 38.5 Å².